The van der Waals surface area contributed by atoms with Crippen LogP contribution in [-0.4, -0.2) is 16.5 Å². The van der Waals surface area contributed by atoms with Crippen molar-refractivity contribution in [3.05, 3.63) is 36.2 Å². The average molecular weight is 213 g/mol. The van der Waals surface area contributed by atoms with Gasteiger partial charge in [0.05, 0.1) is 29.0 Å². The average Bonchev–Trinajstić information content (AvgIpc) is 2.75. The smallest absolute Gasteiger partial charge is 0.0890 e. The maximum Gasteiger partial charge on any atom is 0.0890 e. The van der Waals surface area contributed by atoms with E-state index in [1.807, 2.05) is 30.5 Å². The fourth-order valence-corrected chi connectivity index (χ4v) is 2.28. The summed E-state index contributed by atoms with van der Waals surface area (Å²) >= 11 is 0. The van der Waals surface area contributed by atoms with Crippen molar-refractivity contribution < 1.29 is 0 Å². The van der Waals surface area contributed by atoms with Gasteiger partial charge in [0.15, 0.2) is 0 Å². The van der Waals surface area contributed by atoms with Crippen molar-refractivity contribution in [3.8, 4) is 0 Å². The Kier molecular flexibility index (Phi) is 2.33. The monoisotopic (exact) mass is 213 g/mol. The third-order valence-corrected chi connectivity index (χ3v) is 3.17. The van der Waals surface area contributed by atoms with E-state index < -0.39 is 0 Å². The summed E-state index contributed by atoms with van der Waals surface area (Å²) in [6.45, 7) is 3.35. The van der Waals surface area contributed by atoms with E-state index in [0.717, 1.165) is 35.6 Å². The van der Waals surface area contributed by atoms with Crippen molar-refractivity contribution in [2.24, 2.45) is 5.92 Å². The molecule has 1 aliphatic rings. The largest absolute Gasteiger partial charge is 0.308 e. The van der Waals surface area contributed by atoms with Crippen LogP contribution in [-0.2, 0) is 0 Å². The van der Waals surface area contributed by atoms with Crippen LogP contribution < -0.4 is 5.32 Å². The molecule has 0 amide bonds. The van der Waals surface area contributed by atoms with Crippen molar-refractivity contribution in [3.63, 3.8) is 0 Å². The van der Waals surface area contributed by atoms with Gasteiger partial charge in [0.1, 0.15) is 0 Å². The van der Waals surface area contributed by atoms with E-state index in [4.69, 9.17) is 0 Å². The van der Waals surface area contributed by atoms with Crippen molar-refractivity contribution in [1.29, 1.82) is 0 Å². The van der Waals surface area contributed by atoms with Crippen LogP contribution in [0.2, 0.25) is 0 Å². The number of aromatic nitrogens is 2. The highest BCUT2D eigenvalue weighted by atomic mass is 15.0. The molecule has 2 aromatic rings. The standard InChI is InChI=1S/C13H15N3/c1-9-6-12(14-7-9)13-8-15-10-4-2-3-5-11(10)16-13/h2-5,8-9,12,14H,6-7H2,1H3/t9-,12-/m0/s1. The molecule has 0 spiro atoms. The Balaban J connectivity index is 1.99. The lowest BCUT2D eigenvalue weighted by Crippen LogP contribution is -2.14. The Morgan fingerprint density at radius 1 is 1.25 bits per heavy atom. The number of nitrogens with zero attached hydrogens (tertiary/aromatic N) is 2. The van der Waals surface area contributed by atoms with Crippen molar-refractivity contribution in [1.82, 2.24) is 15.3 Å². The quantitative estimate of drug-likeness (QED) is 0.789. The van der Waals surface area contributed by atoms with E-state index in [2.05, 4.69) is 22.2 Å². The van der Waals surface area contributed by atoms with Crippen LogP contribution >= 0.6 is 0 Å². The van der Waals surface area contributed by atoms with Crippen LogP contribution in [0.5, 0.6) is 0 Å². The molecule has 16 heavy (non-hydrogen) atoms. The maximum absolute atomic E-state index is 4.67. The summed E-state index contributed by atoms with van der Waals surface area (Å²) in [5, 5.41) is 3.48. The van der Waals surface area contributed by atoms with E-state index in [0.29, 0.717) is 6.04 Å². The maximum atomic E-state index is 4.67. The van der Waals surface area contributed by atoms with Gasteiger partial charge in [0.25, 0.3) is 0 Å². The summed E-state index contributed by atoms with van der Waals surface area (Å²) < 4.78 is 0. The van der Waals surface area contributed by atoms with E-state index in [-0.39, 0.29) is 0 Å². The second-order valence-electron chi connectivity index (χ2n) is 4.59. The Bertz CT molecular complexity index is 509. The van der Waals surface area contributed by atoms with Gasteiger partial charge in [-0.1, -0.05) is 19.1 Å². The molecule has 1 N–H and O–H groups in total. The Morgan fingerprint density at radius 3 is 2.81 bits per heavy atom. The summed E-state index contributed by atoms with van der Waals surface area (Å²) in [6, 6.07) is 8.39. The first kappa shape index (κ1) is 9.73. The van der Waals surface area contributed by atoms with Gasteiger partial charge in [0.2, 0.25) is 0 Å². The Hall–Kier alpha value is -1.48. The molecule has 1 aromatic heterocycles. The molecule has 0 bridgehead atoms. The summed E-state index contributed by atoms with van der Waals surface area (Å²) in [7, 11) is 0. The molecule has 82 valence electrons. The summed E-state index contributed by atoms with van der Waals surface area (Å²) in [5.41, 5.74) is 3.03. The molecule has 0 saturated carbocycles. The minimum Gasteiger partial charge on any atom is -0.308 e. The minimum absolute atomic E-state index is 0.382. The first-order chi connectivity index (χ1) is 7.83. The van der Waals surface area contributed by atoms with Gasteiger partial charge in [-0.2, -0.15) is 0 Å². The van der Waals surface area contributed by atoms with Gasteiger partial charge in [-0.15, -0.1) is 0 Å². The van der Waals surface area contributed by atoms with Crippen molar-refractivity contribution in [2.75, 3.05) is 6.54 Å². The number of benzene rings is 1. The van der Waals surface area contributed by atoms with E-state index in [1.165, 1.54) is 0 Å². The molecule has 3 nitrogen and oxygen atoms in total. The fraction of sp³-hybridized carbons (Fsp3) is 0.385. The van der Waals surface area contributed by atoms with Gasteiger partial charge >= 0.3 is 0 Å². The molecule has 1 aromatic carbocycles. The van der Waals surface area contributed by atoms with E-state index >= 15 is 0 Å². The zero-order valence-electron chi connectivity index (χ0n) is 9.35. The number of fused-ring (bicyclic) bond motifs is 1. The van der Waals surface area contributed by atoms with Gasteiger partial charge < -0.3 is 5.32 Å². The molecule has 3 heteroatoms. The van der Waals surface area contributed by atoms with Crippen LogP contribution in [0, 0.1) is 5.92 Å². The molecular weight excluding hydrogens is 198 g/mol. The highest BCUT2D eigenvalue weighted by Crippen LogP contribution is 2.25. The normalized spacial score (nSPS) is 25.1. The zero-order valence-corrected chi connectivity index (χ0v) is 9.35. The molecule has 2 heterocycles. The molecule has 1 aliphatic heterocycles. The van der Waals surface area contributed by atoms with Crippen LogP contribution in [0.4, 0.5) is 0 Å². The lowest BCUT2D eigenvalue weighted by atomic mass is 10.1. The SMILES string of the molecule is C[C@@H]1CN[C@H](c2cnc3ccccc3n2)C1. The highest BCUT2D eigenvalue weighted by molar-refractivity contribution is 5.73. The van der Waals surface area contributed by atoms with Gasteiger partial charge in [-0.3, -0.25) is 4.98 Å². The zero-order chi connectivity index (χ0) is 11.0. The molecule has 1 saturated heterocycles. The molecule has 3 rings (SSSR count). The van der Waals surface area contributed by atoms with E-state index in [9.17, 15) is 0 Å². The second-order valence-corrected chi connectivity index (χ2v) is 4.59. The summed E-state index contributed by atoms with van der Waals surface area (Å²) in [6.07, 6.45) is 3.06. The van der Waals surface area contributed by atoms with Crippen LogP contribution in [0.3, 0.4) is 0 Å². The van der Waals surface area contributed by atoms with Gasteiger partial charge in [-0.05, 0) is 31.0 Å². The molecule has 0 aliphatic carbocycles. The van der Waals surface area contributed by atoms with Crippen molar-refractivity contribution in [2.45, 2.75) is 19.4 Å². The van der Waals surface area contributed by atoms with Crippen LogP contribution in [0.15, 0.2) is 30.5 Å². The highest BCUT2D eigenvalue weighted by Gasteiger charge is 2.23. The molecule has 2 atom stereocenters. The lowest BCUT2D eigenvalue weighted by molar-refractivity contribution is 0.599. The molecule has 1 fully saturated rings. The Morgan fingerprint density at radius 2 is 2.06 bits per heavy atom. The topological polar surface area (TPSA) is 37.8 Å². The number of hydrogen-bond donors (Lipinski definition) is 1. The second kappa shape index (κ2) is 3.83. The molecular formula is C13H15N3. The van der Waals surface area contributed by atoms with Crippen LogP contribution in [0.1, 0.15) is 25.1 Å². The summed E-state index contributed by atoms with van der Waals surface area (Å²) in [5.74, 6) is 0.735. The first-order valence-electron chi connectivity index (χ1n) is 5.78. The Labute approximate surface area is 94.9 Å². The predicted molar refractivity (Wildman–Crippen MR) is 64.1 cm³/mol. The van der Waals surface area contributed by atoms with E-state index in [1.54, 1.807) is 0 Å². The summed E-state index contributed by atoms with van der Waals surface area (Å²) in [4.78, 5) is 9.11. The van der Waals surface area contributed by atoms with Crippen molar-refractivity contribution >= 4 is 11.0 Å². The number of rotatable bonds is 1. The van der Waals surface area contributed by atoms with Crippen LogP contribution in [0.25, 0.3) is 11.0 Å². The number of para-hydroxylation sites is 2. The fourth-order valence-electron chi connectivity index (χ4n) is 2.28. The predicted octanol–water partition coefficient (Wildman–Crippen LogP) is 2.30. The first-order valence-corrected chi connectivity index (χ1v) is 5.78. The van der Waals surface area contributed by atoms with Gasteiger partial charge in [0, 0.05) is 0 Å². The third-order valence-electron chi connectivity index (χ3n) is 3.17. The molecule has 0 radical (unpaired) electrons. The minimum atomic E-state index is 0.382. The number of nitrogens with one attached hydrogen (secondary N) is 1. The third kappa shape index (κ3) is 1.67. The van der Waals surface area contributed by atoms with Gasteiger partial charge in [-0.25, -0.2) is 4.98 Å². The molecule has 0 unspecified atom stereocenters. The number of hydrogen-bond acceptors (Lipinski definition) is 3. The lowest BCUT2D eigenvalue weighted by Gasteiger charge is -2.09.